The number of hydrogen-bond donors (Lipinski definition) is 2. The Balaban J connectivity index is 1.93. The summed E-state index contributed by atoms with van der Waals surface area (Å²) < 4.78 is 5.53. The number of halogens is 2. The number of carbonyl (C=O) groups is 2. The van der Waals surface area contributed by atoms with E-state index in [0.717, 1.165) is 11.8 Å². The van der Waals surface area contributed by atoms with Crippen molar-refractivity contribution in [2.45, 2.75) is 0 Å². The summed E-state index contributed by atoms with van der Waals surface area (Å²) in [5.41, 5.74) is 0.466. The highest BCUT2D eigenvalue weighted by Crippen LogP contribution is 2.35. The van der Waals surface area contributed by atoms with Gasteiger partial charge in [-0.3, -0.25) is 9.59 Å². The van der Waals surface area contributed by atoms with Crippen molar-refractivity contribution in [1.82, 2.24) is 4.98 Å². The van der Waals surface area contributed by atoms with Crippen LogP contribution >= 0.6 is 35.0 Å². The minimum Gasteiger partial charge on any atom is -0.481 e. The van der Waals surface area contributed by atoms with Crippen molar-refractivity contribution in [3.8, 4) is 11.6 Å². The van der Waals surface area contributed by atoms with E-state index in [-0.39, 0.29) is 23.3 Å². The number of aliphatic carboxylic acids is 1. The summed E-state index contributed by atoms with van der Waals surface area (Å²) in [5.74, 6) is -0.796. The van der Waals surface area contributed by atoms with E-state index in [1.807, 2.05) is 0 Å². The number of benzene rings is 1. The first-order valence-corrected chi connectivity index (χ1v) is 8.54. The quantitative estimate of drug-likeness (QED) is 0.748. The minimum atomic E-state index is -0.964. The predicted octanol–water partition coefficient (Wildman–Crippen LogP) is 3.94. The molecule has 2 aromatic rings. The summed E-state index contributed by atoms with van der Waals surface area (Å²) in [7, 11) is 0. The van der Waals surface area contributed by atoms with Crippen LogP contribution in [-0.4, -0.2) is 33.5 Å². The third-order valence-electron chi connectivity index (χ3n) is 2.60. The second-order valence-corrected chi connectivity index (χ2v) is 6.27. The van der Waals surface area contributed by atoms with Crippen LogP contribution in [0.3, 0.4) is 0 Å². The zero-order chi connectivity index (χ0) is 17.5. The van der Waals surface area contributed by atoms with E-state index < -0.39 is 5.97 Å². The average molecular weight is 387 g/mol. The number of carbonyl (C=O) groups excluding carboxylic acids is 1. The molecule has 1 aromatic carbocycles. The lowest BCUT2D eigenvalue weighted by Crippen LogP contribution is -2.15. The molecule has 1 amide bonds. The van der Waals surface area contributed by atoms with Crippen LogP contribution in [0, 0.1) is 0 Å². The maximum Gasteiger partial charge on any atom is 0.313 e. The summed E-state index contributed by atoms with van der Waals surface area (Å²) >= 11 is 13.0. The fourth-order valence-electron chi connectivity index (χ4n) is 1.63. The predicted molar refractivity (Wildman–Crippen MR) is 94.4 cm³/mol. The number of nitrogens with one attached hydrogen (secondary N) is 1. The fourth-order valence-corrected chi connectivity index (χ4v) is 2.64. The highest BCUT2D eigenvalue weighted by atomic mass is 35.5. The second-order valence-electron chi connectivity index (χ2n) is 4.47. The van der Waals surface area contributed by atoms with Gasteiger partial charge in [0, 0.05) is 6.07 Å². The van der Waals surface area contributed by atoms with Gasteiger partial charge in [0.2, 0.25) is 11.8 Å². The maximum absolute atomic E-state index is 11.6. The Morgan fingerprint density at radius 2 is 1.88 bits per heavy atom. The lowest BCUT2D eigenvalue weighted by molar-refractivity contribution is -0.133. The van der Waals surface area contributed by atoms with E-state index in [4.69, 9.17) is 33.0 Å². The van der Waals surface area contributed by atoms with Crippen LogP contribution in [0.15, 0.2) is 36.5 Å². The van der Waals surface area contributed by atoms with E-state index in [1.165, 1.54) is 6.20 Å². The number of aromatic nitrogens is 1. The molecule has 0 radical (unpaired) electrons. The lowest BCUT2D eigenvalue weighted by Gasteiger charge is -2.09. The lowest BCUT2D eigenvalue weighted by atomic mass is 10.3. The summed E-state index contributed by atoms with van der Waals surface area (Å²) in [4.78, 5) is 26.1. The van der Waals surface area contributed by atoms with Crippen molar-refractivity contribution in [3.05, 3.63) is 46.6 Å². The number of thioether (sulfide) groups is 1. The van der Waals surface area contributed by atoms with Gasteiger partial charge in [0.25, 0.3) is 0 Å². The Kier molecular flexibility index (Phi) is 6.72. The Hall–Kier alpha value is -1.96. The zero-order valence-corrected chi connectivity index (χ0v) is 14.5. The average Bonchev–Trinajstić information content (AvgIpc) is 2.52. The van der Waals surface area contributed by atoms with Crippen LogP contribution in [0.25, 0.3) is 0 Å². The molecule has 2 N–H and O–H groups in total. The first kappa shape index (κ1) is 18.4. The SMILES string of the molecule is O=C(O)CSCC(=O)Nc1ccc(Oc2c(Cl)cccc2Cl)nc1. The van der Waals surface area contributed by atoms with Crippen molar-refractivity contribution in [2.24, 2.45) is 0 Å². The molecular weight excluding hydrogens is 375 g/mol. The van der Waals surface area contributed by atoms with Crippen LogP contribution in [0.1, 0.15) is 0 Å². The molecule has 0 aliphatic heterocycles. The number of carboxylic acid groups (broad SMARTS) is 1. The number of para-hydroxylation sites is 1. The molecule has 0 atom stereocenters. The molecule has 0 fully saturated rings. The number of amides is 1. The molecule has 0 aliphatic rings. The van der Waals surface area contributed by atoms with Gasteiger partial charge < -0.3 is 15.2 Å². The second kappa shape index (κ2) is 8.77. The van der Waals surface area contributed by atoms with E-state index in [0.29, 0.717) is 21.5 Å². The zero-order valence-electron chi connectivity index (χ0n) is 12.2. The van der Waals surface area contributed by atoms with Crippen LogP contribution in [0.2, 0.25) is 10.0 Å². The van der Waals surface area contributed by atoms with Gasteiger partial charge in [-0.05, 0) is 18.2 Å². The molecular formula is C15H12Cl2N2O4S. The Morgan fingerprint density at radius 3 is 2.46 bits per heavy atom. The summed E-state index contributed by atoms with van der Waals surface area (Å²) in [6.45, 7) is 0. The standard InChI is InChI=1S/C15H12Cl2N2O4S/c16-10-2-1-3-11(17)15(10)23-13-5-4-9(6-18-13)19-12(20)7-24-8-14(21)22/h1-6H,7-8H2,(H,19,20)(H,21,22). The molecule has 2 rings (SSSR count). The third kappa shape index (κ3) is 5.59. The number of anilines is 1. The normalized spacial score (nSPS) is 10.2. The molecule has 0 bridgehead atoms. The van der Waals surface area contributed by atoms with Gasteiger partial charge in [-0.2, -0.15) is 0 Å². The van der Waals surface area contributed by atoms with Crippen molar-refractivity contribution >= 4 is 52.5 Å². The first-order valence-electron chi connectivity index (χ1n) is 6.63. The van der Waals surface area contributed by atoms with E-state index in [9.17, 15) is 9.59 Å². The number of hydrogen-bond acceptors (Lipinski definition) is 5. The number of pyridine rings is 1. The molecule has 0 unspecified atom stereocenters. The number of nitrogens with zero attached hydrogens (tertiary/aromatic N) is 1. The minimum absolute atomic E-state index is 0.0415. The number of rotatable bonds is 7. The van der Waals surface area contributed by atoms with Gasteiger partial charge in [0.05, 0.1) is 33.4 Å². The van der Waals surface area contributed by atoms with Crippen molar-refractivity contribution in [2.75, 3.05) is 16.8 Å². The molecule has 0 spiro atoms. The first-order chi connectivity index (χ1) is 11.5. The molecule has 9 heteroatoms. The number of ether oxygens (including phenoxy) is 1. The molecule has 0 saturated heterocycles. The molecule has 1 heterocycles. The topological polar surface area (TPSA) is 88.5 Å². The third-order valence-corrected chi connectivity index (χ3v) is 4.12. The summed E-state index contributed by atoms with van der Waals surface area (Å²) in [6, 6.07) is 8.15. The van der Waals surface area contributed by atoms with Crippen LogP contribution in [-0.2, 0) is 9.59 Å². The van der Waals surface area contributed by atoms with Crippen LogP contribution in [0.4, 0.5) is 5.69 Å². The Morgan fingerprint density at radius 1 is 1.17 bits per heavy atom. The van der Waals surface area contributed by atoms with Gasteiger partial charge in [-0.1, -0.05) is 29.3 Å². The van der Waals surface area contributed by atoms with Gasteiger partial charge >= 0.3 is 5.97 Å². The monoisotopic (exact) mass is 386 g/mol. The van der Waals surface area contributed by atoms with E-state index >= 15 is 0 Å². The molecule has 1 aromatic heterocycles. The maximum atomic E-state index is 11.6. The van der Waals surface area contributed by atoms with E-state index in [1.54, 1.807) is 30.3 Å². The van der Waals surface area contributed by atoms with Crippen molar-refractivity contribution < 1.29 is 19.4 Å². The van der Waals surface area contributed by atoms with Gasteiger partial charge in [0.1, 0.15) is 0 Å². The van der Waals surface area contributed by atoms with Gasteiger partial charge in [-0.15, -0.1) is 11.8 Å². The highest BCUT2D eigenvalue weighted by Gasteiger charge is 2.09. The Labute approximate surface area is 152 Å². The van der Waals surface area contributed by atoms with Crippen molar-refractivity contribution in [3.63, 3.8) is 0 Å². The molecule has 6 nitrogen and oxygen atoms in total. The van der Waals surface area contributed by atoms with Gasteiger partial charge in [0.15, 0.2) is 5.75 Å². The largest absolute Gasteiger partial charge is 0.481 e. The molecule has 126 valence electrons. The van der Waals surface area contributed by atoms with Gasteiger partial charge in [-0.25, -0.2) is 4.98 Å². The summed E-state index contributed by atoms with van der Waals surface area (Å²) in [6.07, 6.45) is 1.42. The number of carboxylic acids is 1. The van der Waals surface area contributed by atoms with Crippen LogP contribution in [0.5, 0.6) is 11.6 Å². The smallest absolute Gasteiger partial charge is 0.313 e. The summed E-state index contributed by atoms with van der Waals surface area (Å²) in [5, 5.41) is 11.8. The Bertz CT molecular complexity index is 721. The van der Waals surface area contributed by atoms with Crippen molar-refractivity contribution in [1.29, 1.82) is 0 Å². The van der Waals surface area contributed by atoms with E-state index in [2.05, 4.69) is 10.3 Å². The fraction of sp³-hybridized carbons (Fsp3) is 0.133. The molecule has 24 heavy (non-hydrogen) atoms. The molecule has 0 saturated carbocycles. The molecule has 0 aliphatic carbocycles. The van der Waals surface area contributed by atoms with Crippen LogP contribution < -0.4 is 10.1 Å². The highest BCUT2D eigenvalue weighted by molar-refractivity contribution is 8.00.